The predicted molar refractivity (Wildman–Crippen MR) is 98.6 cm³/mol. The summed E-state index contributed by atoms with van der Waals surface area (Å²) in [6.07, 6.45) is 9.14. The first kappa shape index (κ1) is 17.0. The summed E-state index contributed by atoms with van der Waals surface area (Å²) in [5.74, 6) is 0.564. The van der Waals surface area contributed by atoms with Gasteiger partial charge < -0.3 is 14.4 Å². The zero-order valence-electron chi connectivity index (χ0n) is 15.0. The first-order valence-electron chi connectivity index (χ1n) is 9.22. The van der Waals surface area contributed by atoms with E-state index < -0.39 is 0 Å². The number of hydrogen-bond donors (Lipinski definition) is 1. The number of rotatable bonds is 4. The Kier molecular flexibility index (Phi) is 4.89. The van der Waals surface area contributed by atoms with Crippen LogP contribution in [0.2, 0.25) is 0 Å². The number of nitrogens with zero attached hydrogens (tertiary/aromatic N) is 1. The SMILES string of the molecule is COC[C@@H]1[NH+]=C2C=CC=C[C@@H]2[C@H]2[C@@H]1CCN2C(=O)OCc1ccccc1. The van der Waals surface area contributed by atoms with E-state index in [-0.39, 0.29) is 24.1 Å². The molecule has 1 aromatic carbocycles. The van der Waals surface area contributed by atoms with E-state index in [1.807, 2.05) is 41.3 Å². The van der Waals surface area contributed by atoms with E-state index in [9.17, 15) is 4.79 Å². The Morgan fingerprint density at radius 2 is 2.12 bits per heavy atom. The van der Waals surface area contributed by atoms with Crippen LogP contribution in [0.5, 0.6) is 0 Å². The number of benzene rings is 1. The molecule has 5 nitrogen and oxygen atoms in total. The number of carbonyl (C=O) groups is 1. The van der Waals surface area contributed by atoms with Gasteiger partial charge in [0, 0.05) is 25.6 Å². The van der Waals surface area contributed by atoms with Gasteiger partial charge in [0.2, 0.25) is 0 Å². The van der Waals surface area contributed by atoms with Crippen LogP contribution in [0.4, 0.5) is 4.79 Å². The molecular formula is C21H25N2O3+. The molecule has 0 spiro atoms. The molecule has 0 aromatic heterocycles. The van der Waals surface area contributed by atoms with Crippen LogP contribution in [-0.4, -0.2) is 49.0 Å². The molecule has 2 heterocycles. The van der Waals surface area contributed by atoms with E-state index >= 15 is 0 Å². The molecule has 2 aliphatic heterocycles. The average molecular weight is 353 g/mol. The number of nitrogens with one attached hydrogen (secondary N) is 1. The summed E-state index contributed by atoms with van der Waals surface area (Å²) in [5.41, 5.74) is 2.17. The van der Waals surface area contributed by atoms with Gasteiger partial charge in [-0.3, -0.25) is 0 Å². The molecule has 1 amide bonds. The quantitative estimate of drug-likeness (QED) is 0.888. The number of carbonyl (C=O) groups excluding carboxylic acids is 1. The maximum Gasteiger partial charge on any atom is 0.410 e. The summed E-state index contributed by atoms with van der Waals surface area (Å²) in [4.78, 5) is 18.4. The molecule has 0 bridgehead atoms. The van der Waals surface area contributed by atoms with E-state index in [0.29, 0.717) is 19.1 Å². The lowest BCUT2D eigenvalue weighted by molar-refractivity contribution is -0.526. The Bertz CT molecular complexity index is 741. The Balaban J connectivity index is 1.51. The van der Waals surface area contributed by atoms with E-state index in [1.54, 1.807) is 7.11 Å². The number of amides is 1. The smallest absolute Gasteiger partial charge is 0.410 e. The summed E-state index contributed by atoms with van der Waals surface area (Å²) in [6.45, 7) is 1.68. The second-order valence-electron chi connectivity index (χ2n) is 7.11. The Hall–Kier alpha value is -2.40. The number of likely N-dealkylation sites (tertiary alicyclic amines) is 1. The summed E-state index contributed by atoms with van der Waals surface area (Å²) < 4.78 is 11.0. The van der Waals surface area contributed by atoms with Gasteiger partial charge in [-0.2, -0.15) is 0 Å². The highest BCUT2D eigenvalue weighted by Crippen LogP contribution is 2.35. The van der Waals surface area contributed by atoms with E-state index in [0.717, 1.165) is 18.5 Å². The normalized spacial score (nSPS) is 29.1. The molecule has 1 fully saturated rings. The van der Waals surface area contributed by atoms with Crippen molar-refractivity contribution in [3.63, 3.8) is 0 Å². The highest BCUT2D eigenvalue weighted by Gasteiger charge is 2.52. The third kappa shape index (κ3) is 3.19. The van der Waals surface area contributed by atoms with Gasteiger partial charge in [0.25, 0.3) is 0 Å². The second kappa shape index (κ2) is 7.46. The van der Waals surface area contributed by atoms with Crippen molar-refractivity contribution in [1.82, 2.24) is 4.90 Å². The van der Waals surface area contributed by atoms with Gasteiger partial charge in [-0.1, -0.05) is 48.6 Å². The molecular weight excluding hydrogens is 328 g/mol. The second-order valence-corrected chi connectivity index (χ2v) is 7.11. The summed E-state index contributed by atoms with van der Waals surface area (Å²) in [7, 11) is 1.73. The van der Waals surface area contributed by atoms with Gasteiger partial charge in [0.05, 0.1) is 12.0 Å². The van der Waals surface area contributed by atoms with Crippen LogP contribution < -0.4 is 4.99 Å². The fraction of sp³-hybridized carbons (Fsp3) is 0.429. The molecule has 0 radical (unpaired) electrons. The molecule has 0 saturated carbocycles. The third-order valence-electron chi connectivity index (χ3n) is 5.59. The van der Waals surface area contributed by atoms with E-state index in [1.165, 1.54) is 5.71 Å². The minimum atomic E-state index is -0.221. The van der Waals surface area contributed by atoms with Crippen LogP contribution in [0.15, 0.2) is 54.6 Å². The largest absolute Gasteiger partial charge is 0.445 e. The summed E-state index contributed by atoms with van der Waals surface area (Å²) in [6, 6.07) is 10.2. The molecule has 1 aliphatic carbocycles. The van der Waals surface area contributed by atoms with Crippen molar-refractivity contribution in [2.45, 2.75) is 25.1 Å². The lowest BCUT2D eigenvalue weighted by atomic mass is 9.77. The molecule has 1 N–H and O–H groups in total. The topological polar surface area (TPSA) is 52.7 Å². The first-order chi connectivity index (χ1) is 12.8. The van der Waals surface area contributed by atoms with Crippen molar-refractivity contribution in [2.24, 2.45) is 11.8 Å². The average Bonchev–Trinajstić information content (AvgIpc) is 3.13. The maximum atomic E-state index is 12.8. The lowest BCUT2D eigenvalue weighted by Gasteiger charge is -2.36. The number of hydrogen-bond acceptors (Lipinski definition) is 3. The fourth-order valence-corrected chi connectivity index (χ4v) is 4.42. The number of ether oxygens (including phenoxy) is 2. The van der Waals surface area contributed by atoms with Gasteiger partial charge in [0.1, 0.15) is 13.2 Å². The van der Waals surface area contributed by atoms with Crippen molar-refractivity contribution in [3.8, 4) is 0 Å². The minimum absolute atomic E-state index is 0.121. The van der Waals surface area contributed by atoms with E-state index in [2.05, 4.69) is 23.2 Å². The highest BCUT2D eigenvalue weighted by atomic mass is 16.6. The molecule has 1 saturated heterocycles. The minimum Gasteiger partial charge on any atom is -0.445 e. The van der Waals surface area contributed by atoms with Crippen molar-refractivity contribution in [2.75, 3.05) is 20.3 Å². The fourth-order valence-electron chi connectivity index (χ4n) is 4.42. The van der Waals surface area contributed by atoms with Gasteiger partial charge in [-0.05, 0) is 12.0 Å². The zero-order valence-corrected chi connectivity index (χ0v) is 15.0. The monoisotopic (exact) mass is 353 g/mol. The number of fused-ring (bicyclic) bond motifs is 3. The Labute approximate surface area is 154 Å². The molecule has 136 valence electrons. The molecule has 4 atom stereocenters. The Morgan fingerprint density at radius 3 is 2.92 bits per heavy atom. The number of methoxy groups -OCH3 is 1. The third-order valence-corrected chi connectivity index (χ3v) is 5.59. The standard InChI is InChI=1S/C21H24N2O3/c1-25-14-19-17-11-12-23(20(17)16-9-5-6-10-18(16)22-19)21(24)26-13-15-7-3-2-4-8-15/h2-10,16-17,19-20H,11-14H2,1H3/p+1/t16-,17+,19-,20-/m0/s1. The van der Waals surface area contributed by atoms with Gasteiger partial charge in [-0.25, -0.2) is 9.79 Å². The number of allylic oxidation sites excluding steroid dienone is 3. The first-order valence-corrected chi connectivity index (χ1v) is 9.22. The lowest BCUT2D eigenvalue weighted by Crippen LogP contribution is -2.87. The highest BCUT2D eigenvalue weighted by molar-refractivity contribution is 5.96. The van der Waals surface area contributed by atoms with Gasteiger partial charge in [-0.15, -0.1) is 0 Å². The van der Waals surface area contributed by atoms with Crippen LogP contribution >= 0.6 is 0 Å². The van der Waals surface area contributed by atoms with Crippen molar-refractivity contribution in [3.05, 3.63) is 60.2 Å². The van der Waals surface area contributed by atoms with Crippen LogP contribution in [0.25, 0.3) is 0 Å². The Morgan fingerprint density at radius 1 is 1.27 bits per heavy atom. The predicted octanol–water partition coefficient (Wildman–Crippen LogP) is 1.31. The van der Waals surface area contributed by atoms with Crippen LogP contribution in [0.3, 0.4) is 0 Å². The molecule has 3 aliphatic rings. The maximum absolute atomic E-state index is 12.8. The van der Waals surface area contributed by atoms with Gasteiger partial charge in [0.15, 0.2) is 11.8 Å². The van der Waals surface area contributed by atoms with Crippen LogP contribution in [-0.2, 0) is 16.1 Å². The van der Waals surface area contributed by atoms with Crippen LogP contribution in [0.1, 0.15) is 12.0 Å². The summed E-state index contributed by atoms with van der Waals surface area (Å²) >= 11 is 0. The molecule has 1 aromatic rings. The molecule has 5 heteroatoms. The van der Waals surface area contributed by atoms with Gasteiger partial charge >= 0.3 is 6.09 Å². The zero-order chi connectivity index (χ0) is 17.9. The van der Waals surface area contributed by atoms with Crippen molar-refractivity contribution >= 4 is 11.8 Å². The van der Waals surface area contributed by atoms with Crippen molar-refractivity contribution in [1.29, 1.82) is 0 Å². The molecule has 26 heavy (non-hydrogen) atoms. The van der Waals surface area contributed by atoms with E-state index in [4.69, 9.17) is 9.47 Å². The molecule has 4 rings (SSSR count). The van der Waals surface area contributed by atoms with Crippen LogP contribution in [0, 0.1) is 11.8 Å². The molecule has 0 unspecified atom stereocenters. The summed E-state index contributed by atoms with van der Waals surface area (Å²) in [5, 5.41) is 0. The van der Waals surface area contributed by atoms with Crippen molar-refractivity contribution < 1.29 is 19.3 Å².